The summed E-state index contributed by atoms with van der Waals surface area (Å²) in [4.78, 5) is 28.1. The Hall–Kier alpha value is -4.12. The summed E-state index contributed by atoms with van der Waals surface area (Å²) in [5.41, 5.74) is 0.427. The quantitative estimate of drug-likeness (QED) is 0.320. The molecule has 2 amide bonds. The Labute approximate surface area is 240 Å². The third-order valence-electron chi connectivity index (χ3n) is 6.73. The molecule has 9 nitrogen and oxygen atoms in total. The molecule has 0 aliphatic rings. The van der Waals surface area contributed by atoms with Crippen molar-refractivity contribution in [3.05, 3.63) is 84.2 Å². The molecule has 1 N–H and O–H groups in total. The van der Waals surface area contributed by atoms with E-state index >= 15 is 0 Å². The van der Waals surface area contributed by atoms with E-state index in [-0.39, 0.29) is 34.5 Å². The molecule has 3 rings (SSSR count). The largest absolute Gasteiger partial charge is 0.493 e. The lowest BCUT2D eigenvalue weighted by molar-refractivity contribution is -0.139. The normalized spacial score (nSPS) is 12.6. The maximum absolute atomic E-state index is 14.6. The number of nitrogens with zero attached hydrogens (tertiary/aromatic N) is 2. The van der Waals surface area contributed by atoms with E-state index in [0.717, 1.165) is 4.31 Å². The minimum Gasteiger partial charge on any atom is -0.493 e. The summed E-state index contributed by atoms with van der Waals surface area (Å²) in [7, 11) is -1.49. The number of rotatable bonds is 13. The maximum atomic E-state index is 14.6. The third kappa shape index (κ3) is 7.55. The Morgan fingerprint density at radius 1 is 0.927 bits per heavy atom. The van der Waals surface area contributed by atoms with Crippen LogP contribution in [0.25, 0.3) is 0 Å². The van der Waals surface area contributed by atoms with Gasteiger partial charge in [-0.2, -0.15) is 0 Å². The molecule has 0 saturated heterocycles. The molecule has 11 heteroatoms. The summed E-state index contributed by atoms with van der Waals surface area (Å²) < 4.78 is 54.1. The number of carbonyl (C=O) groups is 2. The number of ether oxygens (including phenoxy) is 2. The van der Waals surface area contributed by atoms with Crippen molar-refractivity contribution in [3.8, 4) is 11.5 Å². The molecule has 2 atom stereocenters. The Kier molecular flexibility index (Phi) is 10.7. The van der Waals surface area contributed by atoms with Crippen LogP contribution >= 0.6 is 0 Å². The predicted molar refractivity (Wildman–Crippen MR) is 155 cm³/mol. The van der Waals surface area contributed by atoms with E-state index in [0.29, 0.717) is 12.2 Å². The monoisotopic (exact) mass is 585 g/mol. The number of benzene rings is 3. The molecule has 220 valence electrons. The van der Waals surface area contributed by atoms with Crippen LogP contribution in [0.15, 0.2) is 77.7 Å². The summed E-state index contributed by atoms with van der Waals surface area (Å²) in [5, 5.41) is 2.85. The van der Waals surface area contributed by atoms with Gasteiger partial charge in [-0.25, -0.2) is 12.8 Å². The zero-order valence-electron chi connectivity index (χ0n) is 23.8. The van der Waals surface area contributed by atoms with E-state index in [1.54, 1.807) is 36.4 Å². The molecule has 3 aromatic carbocycles. The number of amides is 2. The van der Waals surface area contributed by atoms with Crippen LogP contribution < -0.4 is 19.1 Å². The van der Waals surface area contributed by atoms with Crippen molar-refractivity contribution >= 4 is 27.5 Å². The minimum atomic E-state index is -4.31. The van der Waals surface area contributed by atoms with Crippen LogP contribution in [-0.2, 0) is 26.2 Å². The van der Waals surface area contributed by atoms with Crippen LogP contribution in [0.2, 0.25) is 0 Å². The summed E-state index contributed by atoms with van der Waals surface area (Å²) >= 11 is 0. The van der Waals surface area contributed by atoms with Crippen molar-refractivity contribution in [3.63, 3.8) is 0 Å². The van der Waals surface area contributed by atoms with Gasteiger partial charge in [0.2, 0.25) is 11.8 Å². The fourth-order valence-electron chi connectivity index (χ4n) is 4.09. The first-order valence-electron chi connectivity index (χ1n) is 13.2. The zero-order chi connectivity index (χ0) is 30.2. The minimum absolute atomic E-state index is 0.130. The number of para-hydroxylation sites is 1. The van der Waals surface area contributed by atoms with Gasteiger partial charge < -0.3 is 19.7 Å². The van der Waals surface area contributed by atoms with Gasteiger partial charge in [-0.15, -0.1) is 0 Å². The molecule has 0 aliphatic heterocycles. The van der Waals surface area contributed by atoms with Crippen LogP contribution in [0, 0.1) is 5.82 Å². The van der Waals surface area contributed by atoms with Gasteiger partial charge >= 0.3 is 0 Å². The van der Waals surface area contributed by atoms with Crippen LogP contribution in [0.5, 0.6) is 11.5 Å². The lowest BCUT2D eigenvalue weighted by Gasteiger charge is -2.32. The molecule has 0 aromatic heterocycles. The molecule has 0 aliphatic carbocycles. The zero-order valence-corrected chi connectivity index (χ0v) is 24.7. The number of anilines is 1. The average Bonchev–Trinajstić information content (AvgIpc) is 2.98. The summed E-state index contributed by atoms with van der Waals surface area (Å²) in [5.74, 6) is -1.13. The highest BCUT2D eigenvalue weighted by Gasteiger charge is 2.33. The molecule has 0 radical (unpaired) electrons. The van der Waals surface area contributed by atoms with Gasteiger partial charge in [-0.1, -0.05) is 43.3 Å². The Balaban J connectivity index is 2.05. The number of halogens is 1. The number of sulfonamides is 1. The first-order valence-corrected chi connectivity index (χ1v) is 14.6. The highest BCUT2D eigenvalue weighted by molar-refractivity contribution is 7.92. The molecule has 0 spiro atoms. The third-order valence-corrected chi connectivity index (χ3v) is 8.50. The Morgan fingerprint density at radius 3 is 2.17 bits per heavy atom. The van der Waals surface area contributed by atoms with Gasteiger partial charge in [0, 0.05) is 24.2 Å². The average molecular weight is 586 g/mol. The topological polar surface area (TPSA) is 105 Å². The van der Waals surface area contributed by atoms with E-state index < -0.39 is 40.2 Å². The van der Waals surface area contributed by atoms with Gasteiger partial charge in [0.1, 0.15) is 18.4 Å². The number of hydrogen-bond donors (Lipinski definition) is 1. The molecular weight excluding hydrogens is 549 g/mol. The molecule has 0 fully saturated rings. The Bertz CT molecular complexity index is 1450. The van der Waals surface area contributed by atoms with Crippen molar-refractivity contribution in [1.82, 2.24) is 10.2 Å². The summed E-state index contributed by atoms with van der Waals surface area (Å²) in [6.45, 7) is 4.40. The van der Waals surface area contributed by atoms with Gasteiger partial charge in [-0.05, 0) is 50.6 Å². The van der Waals surface area contributed by atoms with E-state index in [1.807, 2.05) is 13.8 Å². The fourth-order valence-corrected chi connectivity index (χ4v) is 5.52. The van der Waals surface area contributed by atoms with E-state index in [2.05, 4.69) is 5.32 Å². The number of nitrogens with one attached hydrogen (secondary N) is 1. The van der Waals surface area contributed by atoms with Gasteiger partial charge in [-0.3, -0.25) is 13.9 Å². The predicted octanol–water partition coefficient (Wildman–Crippen LogP) is 4.37. The molecule has 41 heavy (non-hydrogen) atoms. The highest BCUT2D eigenvalue weighted by Crippen LogP contribution is 2.32. The van der Waals surface area contributed by atoms with Crippen LogP contribution in [0.4, 0.5) is 10.1 Å². The molecule has 0 saturated carbocycles. The lowest BCUT2D eigenvalue weighted by atomic mass is 10.1. The molecule has 0 bridgehead atoms. The summed E-state index contributed by atoms with van der Waals surface area (Å²) in [6, 6.07) is 17.0. The van der Waals surface area contributed by atoms with Crippen molar-refractivity contribution in [2.45, 2.75) is 50.7 Å². The number of carbonyl (C=O) groups excluding carboxylic acids is 2. The molecule has 0 unspecified atom stereocenters. The van der Waals surface area contributed by atoms with Crippen molar-refractivity contribution in [2.24, 2.45) is 0 Å². The van der Waals surface area contributed by atoms with E-state index in [4.69, 9.17) is 9.47 Å². The number of hydrogen-bond acceptors (Lipinski definition) is 6. The fraction of sp³-hybridized carbons (Fsp3) is 0.333. The van der Waals surface area contributed by atoms with E-state index in [9.17, 15) is 22.4 Å². The van der Waals surface area contributed by atoms with Gasteiger partial charge in [0.25, 0.3) is 10.0 Å². The first-order chi connectivity index (χ1) is 19.5. The molecular formula is C30H36FN3O6S. The molecule has 0 heterocycles. The summed E-state index contributed by atoms with van der Waals surface area (Å²) in [6.07, 6.45) is 0.672. The standard InChI is InChI=1S/C30H36FN3O6S/c1-6-21(2)32-30(36)22(3)33(19-23-12-10-11-15-26(23)31)29(35)20-34(24-13-8-7-9-14-24)41(37,38)25-16-17-27(39-4)28(18-25)40-5/h7-18,21-22H,6,19-20H2,1-5H3,(H,32,36)/t21-,22+/m1/s1. The second-order valence-corrected chi connectivity index (χ2v) is 11.3. The SMILES string of the molecule is CC[C@@H](C)NC(=O)[C@H](C)N(Cc1ccccc1F)C(=O)CN(c1ccccc1)S(=O)(=O)c1ccc(OC)c(OC)c1. The molecule has 3 aromatic rings. The van der Waals surface area contributed by atoms with Gasteiger partial charge in [0.05, 0.1) is 24.8 Å². The Morgan fingerprint density at radius 2 is 1.56 bits per heavy atom. The highest BCUT2D eigenvalue weighted by atomic mass is 32.2. The van der Waals surface area contributed by atoms with E-state index in [1.165, 1.54) is 62.4 Å². The van der Waals surface area contributed by atoms with Gasteiger partial charge in [0.15, 0.2) is 11.5 Å². The first kappa shape index (κ1) is 31.4. The maximum Gasteiger partial charge on any atom is 0.264 e. The van der Waals surface area contributed by atoms with Crippen molar-refractivity contribution < 1.29 is 31.9 Å². The number of methoxy groups -OCH3 is 2. The van der Waals surface area contributed by atoms with Crippen LogP contribution in [-0.4, -0.2) is 58.0 Å². The second kappa shape index (κ2) is 14.0. The smallest absolute Gasteiger partial charge is 0.264 e. The second-order valence-electron chi connectivity index (χ2n) is 9.47. The lowest BCUT2D eigenvalue weighted by Crippen LogP contribution is -2.52. The van der Waals surface area contributed by atoms with Crippen molar-refractivity contribution in [1.29, 1.82) is 0 Å². The van der Waals surface area contributed by atoms with Crippen LogP contribution in [0.1, 0.15) is 32.8 Å². The van der Waals surface area contributed by atoms with Crippen molar-refractivity contribution in [2.75, 3.05) is 25.1 Å². The van der Waals surface area contributed by atoms with Crippen LogP contribution in [0.3, 0.4) is 0 Å².